The largest absolute Gasteiger partial charge is 0.356 e. The van der Waals surface area contributed by atoms with Crippen LogP contribution in [0.5, 0.6) is 0 Å². The highest BCUT2D eigenvalue weighted by Crippen LogP contribution is 2.24. The van der Waals surface area contributed by atoms with E-state index in [-0.39, 0.29) is 5.75 Å². The monoisotopic (exact) mass is 376 g/mol. The molecule has 2 rings (SSSR count). The van der Waals surface area contributed by atoms with Gasteiger partial charge in [0.1, 0.15) is 4.34 Å². The Hall–Kier alpha value is -0.800. The van der Waals surface area contributed by atoms with Gasteiger partial charge in [0.15, 0.2) is 15.8 Å². The lowest BCUT2D eigenvalue weighted by Crippen LogP contribution is -2.57. The van der Waals surface area contributed by atoms with E-state index in [4.69, 9.17) is 0 Å². The SMILES string of the molecule is CN=C(NCCCSc1nccs1)N1CCS(=O)(=O)C(C)(C)C1. The molecule has 2 heterocycles. The van der Waals surface area contributed by atoms with E-state index in [2.05, 4.69) is 15.3 Å². The number of aliphatic imine (C=N–C) groups is 1. The Labute approximate surface area is 146 Å². The van der Waals surface area contributed by atoms with Gasteiger partial charge in [-0.05, 0) is 20.3 Å². The minimum absolute atomic E-state index is 0.181. The predicted molar refractivity (Wildman–Crippen MR) is 98.3 cm³/mol. The number of nitrogens with one attached hydrogen (secondary N) is 1. The van der Waals surface area contributed by atoms with Crippen LogP contribution < -0.4 is 5.32 Å². The fourth-order valence-corrected chi connectivity index (χ4v) is 5.38. The Bertz CT molecular complexity index is 626. The zero-order chi connectivity index (χ0) is 16.9. The molecule has 0 radical (unpaired) electrons. The number of thioether (sulfide) groups is 1. The van der Waals surface area contributed by atoms with Gasteiger partial charge in [0.05, 0.1) is 10.5 Å². The van der Waals surface area contributed by atoms with Gasteiger partial charge in [-0.3, -0.25) is 4.99 Å². The highest BCUT2D eigenvalue weighted by Gasteiger charge is 2.40. The highest BCUT2D eigenvalue weighted by atomic mass is 32.2. The summed E-state index contributed by atoms with van der Waals surface area (Å²) in [6, 6.07) is 0. The van der Waals surface area contributed by atoms with Crippen molar-refractivity contribution in [1.29, 1.82) is 0 Å². The zero-order valence-electron chi connectivity index (χ0n) is 13.8. The number of thiazole rings is 1. The molecule has 1 aromatic heterocycles. The van der Waals surface area contributed by atoms with Gasteiger partial charge in [-0.2, -0.15) is 0 Å². The van der Waals surface area contributed by atoms with E-state index < -0.39 is 14.6 Å². The van der Waals surface area contributed by atoms with E-state index in [1.165, 1.54) is 0 Å². The first kappa shape index (κ1) is 18.5. The fourth-order valence-electron chi connectivity index (χ4n) is 2.37. The van der Waals surface area contributed by atoms with Gasteiger partial charge in [0.25, 0.3) is 0 Å². The van der Waals surface area contributed by atoms with Crippen molar-refractivity contribution in [3.8, 4) is 0 Å². The topological polar surface area (TPSA) is 74.7 Å². The van der Waals surface area contributed by atoms with E-state index in [0.717, 1.165) is 29.0 Å². The summed E-state index contributed by atoms with van der Waals surface area (Å²) < 4.78 is 24.5. The van der Waals surface area contributed by atoms with Crippen LogP contribution >= 0.6 is 23.1 Å². The van der Waals surface area contributed by atoms with Gasteiger partial charge in [-0.1, -0.05) is 11.8 Å². The van der Waals surface area contributed by atoms with E-state index in [1.54, 1.807) is 44.0 Å². The summed E-state index contributed by atoms with van der Waals surface area (Å²) in [5.41, 5.74) is 0. The van der Waals surface area contributed by atoms with Crippen molar-refractivity contribution in [3.63, 3.8) is 0 Å². The summed E-state index contributed by atoms with van der Waals surface area (Å²) in [5, 5.41) is 5.32. The second-order valence-corrected chi connectivity index (χ2v) is 11.0. The summed E-state index contributed by atoms with van der Waals surface area (Å²) in [6.07, 6.45) is 2.82. The Morgan fingerprint density at radius 3 is 2.96 bits per heavy atom. The van der Waals surface area contributed by atoms with Crippen molar-refractivity contribution >= 4 is 38.9 Å². The fraction of sp³-hybridized carbons (Fsp3) is 0.714. The number of hydrogen-bond acceptors (Lipinski definition) is 6. The van der Waals surface area contributed by atoms with Crippen LogP contribution in [0, 0.1) is 0 Å². The lowest BCUT2D eigenvalue weighted by Gasteiger charge is -2.39. The number of guanidine groups is 1. The summed E-state index contributed by atoms with van der Waals surface area (Å²) in [7, 11) is -1.28. The maximum Gasteiger partial charge on any atom is 0.193 e. The number of rotatable bonds is 5. The van der Waals surface area contributed by atoms with Crippen LogP contribution in [0.3, 0.4) is 0 Å². The average molecular weight is 377 g/mol. The van der Waals surface area contributed by atoms with Crippen LogP contribution in [0.2, 0.25) is 0 Å². The minimum Gasteiger partial charge on any atom is -0.356 e. The zero-order valence-corrected chi connectivity index (χ0v) is 16.2. The van der Waals surface area contributed by atoms with Crippen LogP contribution in [0.1, 0.15) is 20.3 Å². The summed E-state index contributed by atoms with van der Waals surface area (Å²) in [4.78, 5) is 10.6. The maximum absolute atomic E-state index is 12.1. The number of hydrogen-bond donors (Lipinski definition) is 1. The van der Waals surface area contributed by atoms with Crippen LogP contribution in [-0.2, 0) is 9.84 Å². The van der Waals surface area contributed by atoms with E-state index in [9.17, 15) is 8.42 Å². The first-order valence-electron chi connectivity index (χ1n) is 7.56. The molecule has 0 spiro atoms. The maximum atomic E-state index is 12.1. The van der Waals surface area contributed by atoms with Gasteiger partial charge in [0, 0.05) is 44.0 Å². The highest BCUT2D eigenvalue weighted by molar-refractivity contribution is 8.01. The molecule has 0 aromatic carbocycles. The average Bonchev–Trinajstić information content (AvgIpc) is 2.99. The van der Waals surface area contributed by atoms with E-state index in [1.807, 2.05) is 16.5 Å². The number of sulfone groups is 1. The van der Waals surface area contributed by atoms with E-state index >= 15 is 0 Å². The van der Waals surface area contributed by atoms with Crippen LogP contribution in [-0.4, -0.2) is 67.2 Å². The molecular weight excluding hydrogens is 352 g/mol. The quantitative estimate of drug-likeness (QED) is 0.365. The standard InChI is InChI=1S/C14H24N4O2S3/c1-14(2)11-18(7-10-23(14,19)20)12(15-3)16-5-4-8-21-13-17-6-9-22-13/h6,9H,4-5,7-8,10-11H2,1-3H3,(H,15,16). The molecule has 0 atom stereocenters. The first-order chi connectivity index (χ1) is 10.9. The smallest absolute Gasteiger partial charge is 0.193 e. The van der Waals surface area contributed by atoms with Gasteiger partial charge in [-0.25, -0.2) is 13.4 Å². The third kappa shape index (κ3) is 4.84. The lowest BCUT2D eigenvalue weighted by atomic mass is 10.2. The molecule has 0 amide bonds. The van der Waals surface area contributed by atoms with Crippen molar-refractivity contribution in [2.24, 2.45) is 4.99 Å². The molecule has 1 aliphatic rings. The number of nitrogens with zero attached hydrogens (tertiary/aromatic N) is 3. The van der Waals surface area contributed by atoms with E-state index in [0.29, 0.717) is 13.1 Å². The molecule has 0 saturated carbocycles. The first-order valence-corrected chi connectivity index (χ1v) is 11.1. The molecule has 1 fully saturated rings. The normalized spacial score (nSPS) is 20.5. The Balaban J connectivity index is 1.77. The van der Waals surface area contributed by atoms with Gasteiger partial charge >= 0.3 is 0 Å². The Kier molecular flexibility index (Phi) is 6.33. The molecular formula is C14H24N4O2S3. The molecule has 1 aromatic rings. The molecule has 1 N–H and O–H groups in total. The van der Waals surface area contributed by atoms with Crippen molar-refractivity contribution < 1.29 is 8.42 Å². The third-order valence-corrected chi connectivity index (χ3v) is 8.38. The molecule has 0 aliphatic carbocycles. The van der Waals surface area contributed by atoms with Crippen LogP contribution in [0.25, 0.3) is 0 Å². The molecule has 1 saturated heterocycles. The molecule has 130 valence electrons. The molecule has 0 bridgehead atoms. The molecule has 0 unspecified atom stereocenters. The predicted octanol–water partition coefficient (Wildman–Crippen LogP) is 1.71. The number of aromatic nitrogens is 1. The second-order valence-electron chi connectivity index (χ2n) is 5.97. The molecule has 23 heavy (non-hydrogen) atoms. The van der Waals surface area contributed by atoms with Crippen LogP contribution in [0.4, 0.5) is 0 Å². The molecule has 9 heteroatoms. The van der Waals surface area contributed by atoms with Crippen molar-refractivity contribution in [1.82, 2.24) is 15.2 Å². The van der Waals surface area contributed by atoms with Crippen molar-refractivity contribution in [2.45, 2.75) is 29.4 Å². The van der Waals surface area contributed by atoms with Crippen molar-refractivity contribution in [2.75, 3.05) is 38.2 Å². The third-order valence-electron chi connectivity index (χ3n) is 3.79. The second kappa shape index (κ2) is 7.85. The van der Waals surface area contributed by atoms with Gasteiger partial charge < -0.3 is 10.2 Å². The lowest BCUT2D eigenvalue weighted by molar-refractivity contribution is 0.353. The van der Waals surface area contributed by atoms with Gasteiger partial charge in [0.2, 0.25) is 0 Å². The molecule has 1 aliphatic heterocycles. The Morgan fingerprint density at radius 2 is 2.35 bits per heavy atom. The summed E-state index contributed by atoms with van der Waals surface area (Å²) in [6.45, 7) is 5.36. The summed E-state index contributed by atoms with van der Waals surface area (Å²) >= 11 is 3.41. The minimum atomic E-state index is -3.02. The van der Waals surface area contributed by atoms with Gasteiger partial charge in [-0.15, -0.1) is 11.3 Å². The van der Waals surface area contributed by atoms with Crippen molar-refractivity contribution in [3.05, 3.63) is 11.6 Å². The summed E-state index contributed by atoms with van der Waals surface area (Å²) in [5.74, 6) is 1.96. The molecule has 6 nitrogen and oxygen atoms in total. The Morgan fingerprint density at radius 1 is 1.57 bits per heavy atom. The van der Waals surface area contributed by atoms with Crippen LogP contribution in [0.15, 0.2) is 20.9 Å².